The minimum Gasteiger partial charge on any atom is -0.506 e. The van der Waals surface area contributed by atoms with Crippen molar-refractivity contribution in [1.29, 1.82) is 0 Å². The van der Waals surface area contributed by atoms with Crippen molar-refractivity contribution in [3.63, 3.8) is 0 Å². The number of aliphatic hydroxyl groups is 1. The second kappa shape index (κ2) is 7.32. The number of fused-ring (bicyclic) bond motifs is 1. The number of carbonyl (C=O) groups is 1. The Morgan fingerprint density at radius 1 is 1.09 bits per heavy atom. The quantitative estimate of drug-likeness (QED) is 0.604. The second-order valence-corrected chi connectivity index (χ2v) is 10.5. The van der Waals surface area contributed by atoms with Gasteiger partial charge in [-0.3, -0.25) is 14.5 Å². The lowest BCUT2D eigenvalue weighted by molar-refractivity contribution is -0.157. The number of piperidine rings is 2. The van der Waals surface area contributed by atoms with Crippen LogP contribution in [-0.2, 0) is 0 Å². The highest BCUT2D eigenvalue weighted by Crippen LogP contribution is 2.51. The molecule has 1 amide bonds. The van der Waals surface area contributed by atoms with Crippen molar-refractivity contribution in [1.82, 2.24) is 14.8 Å². The fourth-order valence-corrected chi connectivity index (χ4v) is 6.83. The van der Waals surface area contributed by atoms with Gasteiger partial charge < -0.3 is 20.1 Å². The molecule has 3 heterocycles. The van der Waals surface area contributed by atoms with E-state index in [1.807, 2.05) is 12.1 Å². The van der Waals surface area contributed by atoms with Crippen molar-refractivity contribution in [2.24, 2.45) is 5.92 Å². The molecule has 170 valence electrons. The number of rotatable bonds is 6. The van der Waals surface area contributed by atoms with Crippen molar-refractivity contribution in [2.75, 3.05) is 13.1 Å². The van der Waals surface area contributed by atoms with E-state index < -0.39 is 17.1 Å². The number of pyridine rings is 1. The summed E-state index contributed by atoms with van der Waals surface area (Å²) < 4.78 is 1.68. The number of carbonyl (C=O) groups excluding carboxylic acids is 1. The van der Waals surface area contributed by atoms with Gasteiger partial charge in [0.05, 0.1) is 11.1 Å². The number of nitrogens with zero attached hydrogens (tertiary/aromatic N) is 2. The van der Waals surface area contributed by atoms with Crippen molar-refractivity contribution in [3.05, 3.63) is 40.2 Å². The molecule has 4 bridgehead atoms. The first-order valence-corrected chi connectivity index (χ1v) is 12.1. The minimum absolute atomic E-state index is 0.110. The maximum atomic E-state index is 13.1. The molecule has 5 aliphatic rings. The van der Waals surface area contributed by atoms with Gasteiger partial charge in [0.15, 0.2) is 0 Å². The number of aromatic nitrogens is 1. The predicted octanol–water partition coefficient (Wildman–Crippen LogP) is 2.54. The van der Waals surface area contributed by atoms with Crippen molar-refractivity contribution >= 4 is 16.8 Å². The first-order valence-electron chi connectivity index (χ1n) is 12.1. The van der Waals surface area contributed by atoms with Crippen LogP contribution in [0.4, 0.5) is 0 Å². The standard InChI is InChI=1S/C25H31N3O4/c29-22-19-4-1-2-5-20(19)28(16-6-7-16)24(31)21(22)23(30)26-8-3-9-27-17-10-15-11-18(27)14-25(32,12-15)13-17/h1-2,4-5,15-18,29,32H,3,6-14H2,(H,26,30). The van der Waals surface area contributed by atoms with E-state index in [-0.39, 0.29) is 17.4 Å². The maximum Gasteiger partial charge on any atom is 0.267 e. The van der Waals surface area contributed by atoms with Crippen LogP contribution in [0, 0.1) is 5.92 Å². The van der Waals surface area contributed by atoms with Gasteiger partial charge in [0.25, 0.3) is 11.5 Å². The van der Waals surface area contributed by atoms with E-state index in [1.54, 1.807) is 16.7 Å². The summed E-state index contributed by atoms with van der Waals surface area (Å²) in [6.07, 6.45) is 7.70. The lowest BCUT2D eigenvalue weighted by Gasteiger charge is -2.60. The van der Waals surface area contributed by atoms with E-state index in [0.717, 1.165) is 45.1 Å². The summed E-state index contributed by atoms with van der Waals surface area (Å²) in [5.41, 5.74) is -0.312. The van der Waals surface area contributed by atoms with E-state index in [1.165, 1.54) is 12.8 Å². The molecule has 1 aromatic carbocycles. The molecule has 0 spiro atoms. The topological polar surface area (TPSA) is 94.8 Å². The largest absolute Gasteiger partial charge is 0.506 e. The van der Waals surface area contributed by atoms with Crippen LogP contribution in [0.25, 0.3) is 10.9 Å². The molecule has 7 nitrogen and oxygen atoms in total. The van der Waals surface area contributed by atoms with Crippen LogP contribution >= 0.6 is 0 Å². The van der Waals surface area contributed by atoms with E-state index in [0.29, 0.717) is 35.4 Å². The number of amides is 1. The number of hydrogen-bond acceptors (Lipinski definition) is 5. The lowest BCUT2D eigenvalue weighted by atomic mass is 9.61. The van der Waals surface area contributed by atoms with Gasteiger partial charge in [-0.15, -0.1) is 0 Å². The molecular weight excluding hydrogens is 406 g/mol. The number of hydrogen-bond donors (Lipinski definition) is 3. The zero-order valence-corrected chi connectivity index (χ0v) is 18.3. The predicted molar refractivity (Wildman–Crippen MR) is 121 cm³/mol. The Hall–Kier alpha value is -2.38. The Morgan fingerprint density at radius 2 is 1.81 bits per heavy atom. The molecule has 2 aromatic rings. The molecule has 2 atom stereocenters. The van der Waals surface area contributed by atoms with E-state index in [2.05, 4.69) is 10.2 Å². The molecule has 2 aliphatic heterocycles. The van der Waals surface area contributed by atoms with Gasteiger partial charge in [-0.05, 0) is 69.4 Å². The van der Waals surface area contributed by atoms with Crippen LogP contribution in [0.2, 0.25) is 0 Å². The maximum absolute atomic E-state index is 13.1. The van der Waals surface area contributed by atoms with Crippen LogP contribution in [0.1, 0.15) is 67.8 Å². The lowest BCUT2D eigenvalue weighted by Crippen LogP contribution is -2.64. The van der Waals surface area contributed by atoms with E-state index >= 15 is 0 Å². The van der Waals surface area contributed by atoms with Crippen molar-refractivity contribution in [3.8, 4) is 5.75 Å². The highest BCUT2D eigenvalue weighted by Gasteiger charge is 2.53. The summed E-state index contributed by atoms with van der Waals surface area (Å²) in [7, 11) is 0. The van der Waals surface area contributed by atoms with Crippen LogP contribution in [0.15, 0.2) is 29.1 Å². The summed E-state index contributed by atoms with van der Waals surface area (Å²) in [4.78, 5) is 28.6. The molecule has 3 saturated carbocycles. The zero-order valence-electron chi connectivity index (χ0n) is 18.3. The van der Waals surface area contributed by atoms with Crippen LogP contribution in [0.3, 0.4) is 0 Å². The number of para-hydroxylation sites is 1. The molecule has 0 radical (unpaired) electrons. The van der Waals surface area contributed by atoms with Gasteiger partial charge in [0, 0.05) is 36.6 Å². The summed E-state index contributed by atoms with van der Waals surface area (Å²) in [6, 6.07) is 8.26. The molecule has 32 heavy (non-hydrogen) atoms. The van der Waals surface area contributed by atoms with Gasteiger partial charge >= 0.3 is 0 Å². The van der Waals surface area contributed by atoms with Crippen LogP contribution in [0.5, 0.6) is 5.75 Å². The summed E-state index contributed by atoms with van der Waals surface area (Å²) in [5, 5.41) is 24.9. The SMILES string of the molecule is O=C(NCCCN1C2CC3CC1CC(O)(C3)C2)c1c(O)c2ccccc2n(C2CC2)c1=O. The Kier molecular flexibility index (Phi) is 4.63. The molecule has 5 fully saturated rings. The fraction of sp³-hybridized carbons (Fsp3) is 0.600. The van der Waals surface area contributed by atoms with E-state index in [4.69, 9.17) is 0 Å². The average Bonchev–Trinajstić information content (AvgIpc) is 3.57. The first-order chi connectivity index (χ1) is 15.4. The third-order valence-electron chi connectivity index (χ3n) is 8.15. The molecule has 2 unspecified atom stereocenters. The van der Waals surface area contributed by atoms with Gasteiger partial charge in [-0.1, -0.05) is 12.1 Å². The average molecular weight is 438 g/mol. The van der Waals surface area contributed by atoms with E-state index in [9.17, 15) is 19.8 Å². The molecule has 3 N–H and O–H groups in total. The van der Waals surface area contributed by atoms with Gasteiger partial charge in [0.2, 0.25) is 0 Å². The third-order valence-corrected chi connectivity index (χ3v) is 8.15. The number of benzene rings is 1. The Bertz CT molecular complexity index is 1120. The Balaban J connectivity index is 1.14. The number of nitrogens with one attached hydrogen (secondary N) is 1. The minimum atomic E-state index is -0.498. The first kappa shape index (κ1) is 20.2. The second-order valence-electron chi connectivity index (χ2n) is 10.5. The Labute approximate surface area is 187 Å². The molecule has 2 saturated heterocycles. The monoisotopic (exact) mass is 437 g/mol. The summed E-state index contributed by atoms with van der Waals surface area (Å²) >= 11 is 0. The van der Waals surface area contributed by atoms with Crippen LogP contribution < -0.4 is 10.9 Å². The molecule has 3 aliphatic carbocycles. The highest BCUT2D eigenvalue weighted by atomic mass is 16.3. The molecule has 1 aromatic heterocycles. The summed E-state index contributed by atoms with van der Waals surface area (Å²) in [6.45, 7) is 1.34. The van der Waals surface area contributed by atoms with Crippen molar-refractivity contribution < 1.29 is 15.0 Å². The number of aromatic hydroxyl groups is 1. The van der Waals surface area contributed by atoms with Crippen molar-refractivity contribution in [2.45, 2.75) is 75.1 Å². The molecule has 7 rings (SSSR count). The van der Waals surface area contributed by atoms with Gasteiger partial charge in [0.1, 0.15) is 11.3 Å². The van der Waals surface area contributed by atoms with Gasteiger partial charge in [-0.2, -0.15) is 0 Å². The third kappa shape index (κ3) is 3.25. The smallest absolute Gasteiger partial charge is 0.267 e. The molecule has 7 heteroatoms. The normalized spacial score (nSPS) is 31.3. The molecular formula is C25H31N3O4. The Morgan fingerprint density at radius 3 is 2.50 bits per heavy atom. The fourth-order valence-electron chi connectivity index (χ4n) is 6.83. The van der Waals surface area contributed by atoms with Gasteiger partial charge in [-0.25, -0.2) is 0 Å². The highest BCUT2D eigenvalue weighted by molar-refractivity contribution is 6.02. The summed E-state index contributed by atoms with van der Waals surface area (Å²) in [5.74, 6) is -0.0574. The zero-order chi connectivity index (χ0) is 22.0. The van der Waals surface area contributed by atoms with Crippen LogP contribution in [-0.4, -0.2) is 56.4 Å².